The summed E-state index contributed by atoms with van der Waals surface area (Å²) in [7, 11) is 0. The third-order valence-electron chi connectivity index (χ3n) is 8.65. The first kappa shape index (κ1) is 48.3. The van der Waals surface area contributed by atoms with Crippen LogP contribution in [0.3, 0.4) is 0 Å². The van der Waals surface area contributed by atoms with Gasteiger partial charge in [-0.2, -0.15) is 12.6 Å². The molecule has 0 aliphatic carbocycles. The topological polar surface area (TPSA) is 331 Å². The standard InChI is InChI=1S/C38H55N9O10S/c1-21(2)17-27(44-33(52)26(9-6-16-42-38(40)41)43-32(51)25(39)14-15-31(49)50)34(53)45-29(19-23-10-12-24(48)13-11-23)35(54)46-28(18-22-7-4-3-5-8-22)36(55)47-30(20-58)37(56)57/h3-5,7-8,10-13,21,25-30,48,58H,6,9,14-20,39H2,1-2H3,(H,43,51)(H,44,52)(H,45,53)(H,46,54)(H,47,55)(H,49,50)(H,56,57)(H4,40,41,42)/t25-,26-,27-,28-,29-,30-/m0/s1. The van der Waals surface area contributed by atoms with Crippen LogP contribution in [-0.4, -0.2) is 111 Å². The molecule has 0 bridgehead atoms. The van der Waals surface area contributed by atoms with Crippen molar-refractivity contribution in [3.05, 3.63) is 65.7 Å². The molecule has 0 saturated heterocycles. The summed E-state index contributed by atoms with van der Waals surface area (Å²) < 4.78 is 0. The molecule has 58 heavy (non-hydrogen) atoms. The number of nitrogens with one attached hydrogen (secondary N) is 5. The molecule has 0 heterocycles. The molecule has 20 heteroatoms. The van der Waals surface area contributed by atoms with Gasteiger partial charge in [0, 0.05) is 31.6 Å². The first-order valence-electron chi connectivity index (χ1n) is 18.6. The summed E-state index contributed by atoms with van der Waals surface area (Å²) in [6.45, 7) is 3.70. The molecular formula is C38H55N9O10S. The second kappa shape index (κ2) is 24.7. The number of phenolic OH excluding ortho intramolecular Hbond substituents is 1. The highest BCUT2D eigenvalue weighted by Crippen LogP contribution is 2.14. The summed E-state index contributed by atoms with van der Waals surface area (Å²) in [5.74, 6) is -7.11. The maximum absolute atomic E-state index is 14.1. The Labute approximate surface area is 341 Å². The van der Waals surface area contributed by atoms with Gasteiger partial charge in [-0.05, 0) is 54.9 Å². The van der Waals surface area contributed by atoms with E-state index < -0.39 is 77.7 Å². The van der Waals surface area contributed by atoms with E-state index in [1.54, 1.807) is 44.2 Å². The molecule has 6 atom stereocenters. The largest absolute Gasteiger partial charge is 0.508 e. The number of benzene rings is 2. The summed E-state index contributed by atoms with van der Waals surface area (Å²) in [6.07, 6.45) is -0.460. The average molecular weight is 830 g/mol. The summed E-state index contributed by atoms with van der Waals surface area (Å²) >= 11 is 4.01. The Hall–Kier alpha value is -5.89. The van der Waals surface area contributed by atoms with Crippen LogP contribution in [0.1, 0.15) is 57.1 Å². The fourth-order valence-corrected chi connectivity index (χ4v) is 5.82. The summed E-state index contributed by atoms with van der Waals surface area (Å²) in [5, 5.41) is 41.3. The molecule has 318 valence electrons. The minimum Gasteiger partial charge on any atom is -0.508 e. The lowest BCUT2D eigenvalue weighted by atomic mass is 9.99. The van der Waals surface area contributed by atoms with Gasteiger partial charge in [0.15, 0.2) is 5.96 Å². The number of amides is 5. The number of phenols is 1. The predicted molar refractivity (Wildman–Crippen MR) is 217 cm³/mol. The van der Waals surface area contributed by atoms with Crippen molar-refractivity contribution < 1.29 is 48.9 Å². The number of nitrogens with zero attached hydrogens (tertiary/aromatic N) is 1. The van der Waals surface area contributed by atoms with Gasteiger partial charge >= 0.3 is 11.9 Å². The number of carbonyl (C=O) groups excluding carboxylic acids is 5. The zero-order valence-electron chi connectivity index (χ0n) is 32.4. The van der Waals surface area contributed by atoms with E-state index in [0.717, 1.165) is 0 Å². The molecule has 0 aliphatic rings. The van der Waals surface area contributed by atoms with E-state index in [9.17, 15) is 43.8 Å². The van der Waals surface area contributed by atoms with Crippen LogP contribution in [0.25, 0.3) is 0 Å². The number of aliphatic imine (C=N–C) groups is 1. The van der Waals surface area contributed by atoms with Crippen LogP contribution in [-0.2, 0) is 46.4 Å². The molecular weight excluding hydrogens is 775 g/mol. The van der Waals surface area contributed by atoms with Crippen molar-refractivity contribution >= 4 is 60.1 Å². The van der Waals surface area contributed by atoms with E-state index in [4.69, 9.17) is 22.3 Å². The maximum atomic E-state index is 14.1. The lowest BCUT2D eigenvalue weighted by molar-refractivity contribution is -0.141. The molecule has 2 rings (SSSR count). The van der Waals surface area contributed by atoms with Gasteiger partial charge in [0.2, 0.25) is 29.5 Å². The lowest BCUT2D eigenvalue weighted by Crippen LogP contribution is -2.60. The van der Waals surface area contributed by atoms with Crippen LogP contribution >= 0.6 is 12.6 Å². The van der Waals surface area contributed by atoms with E-state index in [2.05, 4.69) is 44.2 Å². The van der Waals surface area contributed by atoms with Gasteiger partial charge in [0.25, 0.3) is 0 Å². The second-order valence-corrected chi connectivity index (χ2v) is 14.4. The van der Waals surface area contributed by atoms with Crippen molar-refractivity contribution in [1.82, 2.24) is 26.6 Å². The highest BCUT2D eigenvalue weighted by molar-refractivity contribution is 7.80. The fourth-order valence-electron chi connectivity index (χ4n) is 5.57. The molecule has 14 N–H and O–H groups in total. The number of nitrogens with two attached hydrogens (primary N) is 3. The Bertz CT molecular complexity index is 1730. The zero-order valence-corrected chi connectivity index (χ0v) is 33.3. The Morgan fingerprint density at radius 2 is 1.16 bits per heavy atom. The van der Waals surface area contributed by atoms with Crippen molar-refractivity contribution in [3.8, 4) is 5.75 Å². The smallest absolute Gasteiger partial charge is 0.327 e. The number of carboxylic acids is 2. The average Bonchev–Trinajstić information content (AvgIpc) is 3.16. The Kier molecular flexibility index (Phi) is 20.5. The number of rotatable bonds is 25. The predicted octanol–water partition coefficient (Wildman–Crippen LogP) is -1.09. The minimum atomic E-state index is -1.36. The highest BCUT2D eigenvalue weighted by atomic mass is 32.1. The van der Waals surface area contributed by atoms with Crippen LogP contribution in [0, 0.1) is 5.92 Å². The van der Waals surface area contributed by atoms with Crippen molar-refractivity contribution in [2.75, 3.05) is 12.3 Å². The molecule has 19 nitrogen and oxygen atoms in total. The van der Waals surface area contributed by atoms with Crippen LogP contribution in [0.15, 0.2) is 59.6 Å². The highest BCUT2D eigenvalue weighted by Gasteiger charge is 2.33. The molecule has 2 aromatic carbocycles. The molecule has 0 aliphatic heterocycles. The van der Waals surface area contributed by atoms with Crippen LogP contribution in [0.4, 0.5) is 0 Å². The van der Waals surface area contributed by atoms with Crippen LogP contribution in [0.5, 0.6) is 5.75 Å². The normalized spacial score (nSPS) is 14.0. The number of carbonyl (C=O) groups is 7. The summed E-state index contributed by atoms with van der Waals surface area (Å²) in [6, 6.07) is 6.71. The van der Waals surface area contributed by atoms with Gasteiger partial charge in [-0.3, -0.25) is 33.8 Å². The van der Waals surface area contributed by atoms with Crippen molar-refractivity contribution in [3.63, 3.8) is 0 Å². The molecule has 2 aromatic rings. The first-order chi connectivity index (χ1) is 27.4. The fraction of sp³-hybridized carbons (Fsp3) is 0.474. The molecule has 0 spiro atoms. The maximum Gasteiger partial charge on any atom is 0.327 e. The van der Waals surface area contributed by atoms with E-state index in [1.165, 1.54) is 24.3 Å². The van der Waals surface area contributed by atoms with Crippen LogP contribution in [0.2, 0.25) is 0 Å². The molecule has 0 radical (unpaired) electrons. The quantitative estimate of drug-likeness (QED) is 0.0245. The molecule has 0 saturated carbocycles. The van der Waals surface area contributed by atoms with Gasteiger partial charge in [-0.15, -0.1) is 0 Å². The van der Waals surface area contributed by atoms with E-state index in [-0.39, 0.29) is 74.9 Å². The molecule has 0 unspecified atom stereocenters. The number of guanidine groups is 1. The summed E-state index contributed by atoms with van der Waals surface area (Å²) in [5.41, 5.74) is 17.9. The molecule has 0 aromatic heterocycles. The second-order valence-electron chi connectivity index (χ2n) is 14.0. The number of aromatic hydroxyl groups is 1. The van der Waals surface area contributed by atoms with Crippen molar-refractivity contribution in [2.24, 2.45) is 28.1 Å². The minimum absolute atomic E-state index is 0.00270. The van der Waals surface area contributed by atoms with Gasteiger partial charge in [-0.1, -0.05) is 56.3 Å². The van der Waals surface area contributed by atoms with E-state index in [1.807, 2.05) is 0 Å². The molecule has 0 fully saturated rings. The van der Waals surface area contributed by atoms with Gasteiger partial charge in [-0.25, -0.2) is 4.79 Å². The zero-order chi connectivity index (χ0) is 43.4. The van der Waals surface area contributed by atoms with Crippen LogP contribution < -0.4 is 43.8 Å². The number of hydrogen-bond acceptors (Lipinski definition) is 11. The van der Waals surface area contributed by atoms with E-state index >= 15 is 0 Å². The Morgan fingerprint density at radius 1 is 0.672 bits per heavy atom. The van der Waals surface area contributed by atoms with Gasteiger partial charge in [0.1, 0.15) is 36.0 Å². The third-order valence-corrected chi connectivity index (χ3v) is 9.01. The lowest BCUT2D eigenvalue weighted by Gasteiger charge is -2.28. The van der Waals surface area contributed by atoms with Crippen molar-refractivity contribution in [1.29, 1.82) is 0 Å². The van der Waals surface area contributed by atoms with Crippen molar-refractivity contribution in [2.45, 2.75) is 95.0 Å². The SMILES string of the molecule is CC(C)C[C@H](NC(=O)[C@H](CCCN=C(N)N)NC(=O)[C@@H](N)CCC(=O)O)C(=O)N[C@@H](Cc1ccc(O)cc1)C(=O)N[C@@H](Cc1ccccc1)C(=O)N[C@@H](CS)C(=O)O. The number of hydrogen-bond donors (Lipinski definition) is 12. The Morgan fingerprint density at radius 3 is 1.66 bits per heavy atom. The van der Waals surface area contributed by atoms with Gasteiger partial charge < -0.3 is 59.1 Å². The number of aliphatic carboxylic acids is 2. The Balaban J connectivity index is 2.44. The first-order valence-corrected chi connectivity index (χ1v) is 19.2. The van der Waals surface area contributed by atoms with E-state index in [0.29, 0.717) is 11.1 Å². The van der Waals surface area contributed by atoms with Gasteiger partial charge in [0.05, 0.1) is 6.04 Å². The monoisotopic (exact) mass is 829 g/mol. The third kappa shape index (κ3) is 17.9. The number of thiol groups is 1. The molecule has 5 amide bonds. The summed E-state index contributed by atoms with van der Waals surface area (Å²) in [4.78, 5) is 94.9. The number of carboxylic acid groups (broad SMARTS) is 2.